The van der Waals surface area contributed by atoms with Crippen molar-refractivity contribution >= 4 is 23.3 Å². The molecule has 0 spiro atoms. The first kappa shape index (κ1) is 17.3. The normalized spacial score (nSPS) is 12.0. The molecule has 0 fully saturated rings. The minimum absolute atomic E-state index is 0.0422. The Kier molecular flexibility index (Phi) is 5.26. The summed E-state index contributed by atoms with van der Waals surface area (Å²) in [6.07, 6.45) is 0.643. The van der Waals surface area contributed by atoms with Crippen LogP contribution in [-0.4, -0.2) is 22.7 Å². The molecule has 0 radical (unpaired) electrons. The number of Topliss-reactive ketones (excluding diaryl/α,β-unsaturated/α-hetero) is 1. The van der Waals surface area contributed by atoms with Crippen LogP contribution in [0.15, 0.2) is 24.3 Å². The summed E-state index contributed by atoms with van der Waals surface area (Å²) in [7, 11) is 0. The minimum Gasteiger partial charge on any atom is -0.354 e. The van der Waals surface area contributed by atoms with Crippen molar-refractivity contribution in [3.63, 3.8) is 0 Å². The summed E-state index contributed by atoms with van der Waals surface area (Å²) >= 11 is 6.15. The number of aryl methyl sites for hydroxylation is 1. The lowest BCUT2D eigenvalue weighted by molar-refractivity contribution is 0.0934. The smallest absolute Gasteiger partial charge is 0.268 e. The van der Waals surface area contributed by atoms with Crippen molar-refractivity contribution < 1.29 is 9.59 Å². The van der Waals surface area contributed by atoms with Crippen LogP contribution >= 0.6 is 11.6 Å². The van der Waals surface area contributed by atoms with Gasteiger partial charge in [-0.1, -0.05) is 29.8 Å². The maximum Gasteiger partial charge on any atom is 0.268 e. The van der Waals surface area contributed by atoms with Gasteiger partial charge in [0.25, 0.3) is 5.91 Å². The molecule has 1 aromatic carbocycles. The van der Waals surface area contributed by atoms with Crippen LogP contribution in [0.2, 0.25) is 5.02 Å². The number of benzene rings is 1. The maximum atomic E-state index is 12.5. The number of hydrogen-bond acceptors (Lipinski definition) is 2. The molecule has 5 heteroatoms. The van der Waals surface area contributed by atoms with Crippen LogP contribution in [0.25, 0.3) is 0 Å². The number of carbonyl (C=O) groups is 2. The van der Waals surface area contributed by atoms with Gasteiger partial charge in [-0.3, -0.25) is 9.59 Å². The first-order valence-electron chi connectivity index (χ1n) is 7.55. The topological polar surface area (TPSA) is 62.0 Å². The SMILES string of the molecule is CC(=O)c1c(C)[nH]c(C(=O)NC(C)Cc2ccccc2Cl)c1C. The Morgan fingerprint density at radius 1 is 1.26 bits per heavy atom. The Labute approximate surface area is 141 Å². The molecule has 0 aliphatic carbocycles. The van der Waals surface area contributed by atoms with Gasteiger partial charge in [0.2, 0.25) is 0 Å². The van der Waals surface area contributed by atoms with Crippen LogP contribution < -0.4 is 5.32 Å². The van der Waals surface area contributed by atoms with Gasteiger partial charge >= 0.3 is 0 Å². The van der Waals surface area contributed by atoms with E-state index in [1.165, 1.54) is 6.92 Å². The van der Waals surface area contributed by atoms with Gasteiger partial charge in [0.1, 0.15) is 5.69 Å². The fraction of sp³-hybridized carbons (Fsp3) is 0.333. The van der Waals surface area contributed by atoms with Gasteiger partial charge in [-0.05, 0) is 51.3 Å². The summed E-state index contributed by atoms with van der Waals surface area (Å²) in [5, 5.41) is 3.65. The van der Waals surface area contributed by atoms with Crippen molar-refractivity contribution in [1.82, 2.24) is 10.3 Å². The first-order valence-corrected chi connectivity index (χ1v) is 7.93. The number of aromatic nitrogens is 1. The molecular formula is C18H21ClN2O2. The molecule has 0 saturated heterocycles. The summed E-state index contributed by atoms with van der Waals surface area (Å²) < 4.78 is 0. The molecule has 0 aliphatic heterocycles. The lowest BCUT2D eigenvalue weighted by Crippen LogP contribution is -2.34. The molecule has 0 bridgehead atoms. The zero-order valence-corrected chi connectivity index (χ0v) is 14.5. The van der Waals surface area contributed by atoms with E-state index in [4.69, 9.17) is 11.6 Å². The van der Waals surface area contributed by atoms with E-state index in [9.17, 15) is 9.59 Å². The Morgan fingerprint density at radius 3 is 2.48 bits per heavy atom. The van der Waals surface area contributed by atoms with E-state index in [0.29, 0.717) is 28.3 Å². The zero-order chi connectivity index (χ0) is 17.1. The fourth-order valence-electron chi connectivity index (χ4n) is 2.85. The highest BCUT2D eigenvalue weighted by molar-refractivity contribution is 6.31. The van der Waals surface area contributed by atoms with Crippen LogP contribution in [0.3, 0.4) is 0 Å². The van der Waals surface area contributed by atoms with Gasteiger partial charge in [-0.25, -0.2) is 0 Å². The monoisotopic (exact) mass is 332 g/mol. The van der Waals surface area contributed by atoms with E-state index in [2.05, 4.69) is 10.3 Å². The molecule has 1 unspecified atom stereocenters. The summed E-state index contributed by atoms with van der Waals surface area (Å²) in [6, 6.07) is 7.51. The van der Waals surface area contributed by atoms with E-state index in [-0.39, 0.29) is 17.7 Å². The molecule has 1 aromatic heterocycles. The van der Waals surface area contributed by atoms with E-state index in [0.717, 1.165) is 11.3 Å². The molecule has 1 atom stereocenters. The van der Waals surface area contributed by atoms with Gasteiger partial charge in [-0.2, -0.15) is 0 Å². The van der Waals surface area contributed by atoms with Crippen molar-refractivity contribution in [2.24, 2.45) is 0 Å². The van der Waals surface area contributed by atoms with E-state index in [1.807, 2.05) is 31.2 Å². The molecule has 122 valence electrons. The Bertz CT molecular complexity index is 749. The van der Waals surface area contributed by atoms with Gasteiger partial charge in [0, 0.05) is 22.3 Å². The van der Waals surface area contributed by atoms with E-state index >= 15 is 0 Å². The lowest BCUT2D eigenvalue weighted by Gasteiger charge is -2.14. The zero-order valence-electron chi connectivity index (χ0n) is 13.8. The maximum absolute atomic E-state index is 12.5. The Morgan fingerprint density at radius 2 is 1.91 bits per heavy atom. The average Bonchev–Trinajstić information content (AvgIpc) is 2.76. The molecule has 4 nitrogen and oxygen atoms in total. The number of nitrogens with one attached hydrogen (secondary N) is 2. The highest BCUT2D eigenvalue weighted by Crippen LogP contribution is 2.19. The van der Waals surface area contributed by atoms with Gasteiger partial charge in [-0.15, -0.1) is 0 Å². The summed E-state index contributed by atoms with van der Waals surface area (Å²) in [5.74, 6) is -0.253. The number of amides is 1. The number of rotatable bonds is 5. The van der Waals surface area contributed by atoms with Crippen LogP contribution in [0.4, 0.5) is 0 Å². The number of carbonyl (C=O) groups excluding carboxylic acids is 2. The van der Waals surface area contributed by atoms with Crippen LogP contribution in [0, 0.1) is 13.8 Å². The second-order valence-electron chi connectivity index (χ2n) is 5.85. The average molecular weight is 333 g/mol. The standard InChI is InChI=1S/C18H21ClN2O2/c1-10(9-14-7-5-6-8-15(14)19)20-18(23)17-11(2)16(13(4)22)12(3)21-17/h5-8,10,21H,9H2,1-4H3,(H,20,23). The van der Waals surface area contributed by atoms with E-state index < -0.39 is 0 Å². The van der Waals surface area contributed by atoms with Crippen LogP contribution in [0.5, 0.6) is 0 Å². The van der Waals surface area contributed by atoms with Gasteiger partial charge in [0.05, 0.1) is 0 Å². The Balaban J connectivity index is 2.12. The molecule has 1 amide bonds. The minimum atomic E-state index is -0.211. The van der Waals surface area contributed by atoms with Crippen molar-refractivity contribution in [1.29, 1.82) is 0 Å². The van der Waals surface area contributed by atoms with Crippen molar-refractivity contribution in [2.45, 2.75) is 40.2 Å². The molecule has 1 heterocycles. The summed E-state index contributed by atoms with van der Waals surface area (Å²) in [4.78, 5) is 27.1. The third-order valence-electron chi connectivity index (χ3n) is 3.88. The highest BCUT2D eigenvalue weighted by atomic mass is 35.5. The predicted octanol–water partition coefficient (Wildman–Crippen LogP) is 3.85. The molecule has 2 N–H and O–H groups in total. The molecule has 0 aliphatic rings. The van der Waals surface area contributed by atoms with Gasteiger partial charge < -0.3 is 10.3 Å². The summed E-state index contributed by atoms with van der Waals surface area (Å²) in [6.45, 7) is 7.02. The summed E-state index contributed by atoms with van der Waals surface area (Å²) in [5.41, 5.74) is 3.44. The molecular weight excluding hydrogens is 312 g/mol. The number of hydrogen-bond donors (Lipinski definition) is 2. The van der Waals surface area contributed by atoms with Crippen LogP contribution in [0.1, 0.15) is 51.5 Å². The quantitative estimate of drug-likeness (QED) is 0.817. The lowest BCUT2D eigenvalue weighted by atomic mass is 10.1. The number of aromatic amines is 1. The second kappa shape index (κ2) is 7.01. The molecule has 2 aromatic rings. The first-order chi connectivity index (χ1) is 10.8. The third-order valence-corrected chi connectivity index (χ3v) is 4.25. The highest BCUT2D eigenvalue weighted by Gasteiger charge is 2.21. The van der Waals surface area contributed by atoms with Crippen molar-refractivity contribution in [3.8, 4) is 0 Å². The van der Waals surface area contributed by atoms with Crippen molar-refractivity contribution in [3.05, 3.63) is 57.4 Å². The third kappa shape index (κ3) is 3.82. The van der Waals surface area contributed by atoms with Crippen molar-refractivity contribution in [2.75, 3.05) is 0 Å². The van der Waals surface area contributed by atoms with Gasteiger partial charge in [0.15, 0.2) is 5.78 Å². The number of halogens is 1. The largest absolute Gasteiger partial charge is 0.354 e. The number of H-pyrrole nitrogens is 1. The van der Waals surface area contributed by atoms with E-state index in [1.54, 1.807) is 13.8 Å². The molecule has 0 saturated carbocycles. The second-order valence-corrected chi connectivity index (χ2v) is 6.26. The fourth-order valence-corrected chi connectivity index (χ4v) is 3.06. The van der Waals surface area contributed by atoms with Crippen LogP contribution in [-0.2, 0) is 6.42 Å². The number of ketones is 1. The molecule has 2 rings (SSSR count). The Hall–Kier alpha value is -2.07. The molecule has 23 heavy (non-hydrogen) atoms. The predicted molar refractivity (Wildman–Crippen MR) is 92.4 cm³/mol.